The molecule has 242 valence electrons. The molecule has 48 heavy (non-hydrogen) atoms. The minimum atomic E-state index is -4.86. The Balaban J connectivity index is 0.00000520. The molecular formula is C32H27ClN5NaO7S2. The van der Waals surface area contributed by atoms with Crippen molar-refractivity contribution in [2.75, 3.05) is 21.9 Å². The molecule has 0 aromatic heterocycles. The number of halogens is 1. The van der Waals surface area contributed by atoms with Gasteiger partial charge in [0.15, 0.2) is 0 Å². The molecule has 12 nitrogen and oxygen atoms in total. The van der Waals surface area contributed by atoms with Gasteiger partial charge in [0.1, 0.15) is 32.1 Å². The number of phenolic OH excluding ortho intramolecular Hbond substituents is 1. The maximum atomic E-state index is 13.9. The van der Waals surface area contributed by atoms with Crippen LogP contribution >= 0.6 is 11.6 Å². The number of carbonyl (C=O) groups excluding carboxylic acids is 1. The van der Waals surface area contributed by atoms with Gasteiger partial charge in [-0.3, -0.25) is 9.10 Å². The van der Waals surface area contributed by atoms with E-state index in [0.29, 0.717) is 16.4 Å². The number of benzene rings is 5. The van der Waals surface area contributed by atoms with Crippen LogP contribution in [0.1, 0.15) is 12.5 Å². The maximum absolute atomic E-state index is 13.9. The normalized spacial score (nSPS) is 11.7. The Morgan fingerprint density at radius 3 is 2.25 bits per heavy atom. The largest absolute Gasteiger partial charge is 1.00 e. The molecule has 0 bridgehead atoms. The minimum Gasteiger partial charge on any atom is -0.744 e. The Bertz CT molecular complexity index is 2230. The Labute approximate surface area is 304 Å². The molecule has 0 spiro atoms. The van der Waals surface area contributed by atoms with E-state index in [1.165, 1.54) is 34.6 Å². The number of nitrogens with one attached hydrogen (secondary N) is 1. The van der Waals surface area contributed by atoms with Crippen LogP contribution in [0.25, 0.3) is 10.8 Å². The first-order chi connectivity index (χ1) is 22.3. The molecule has 0 saturated carbocycles. The Morgan fingerprint density at radius 2 is 1.60 bits per heavy atom. The molecule has 16 heteroatoms. The van der Waals surface area contributed by atoms with Crippen LogP contribution in [0.4, 0.5) is 28.4 Å². The molecule has 5 aromatic rings. The standard InChI is InChI=1S/C32H28ClN5O7S2.Na/c1-2-38(24-14-12-23(13-15-24)35-30(40)17-20-7-10-22(33)11-8-20)46(41,42)29-6-4-3-5-27(29)36-37-32-26(34)16-9-21-18-25(47(43,44)45)19-28(39)31(21)32;/h3-16,18-19,39H,2,17,34H2,1H3,(H,35,40)(H,43,44,45);/q;+1/p-1. The summed E-state index contributed by atoms with van der Waals surface area (Å²) < 4.78 is 63.6. The summed E-state index contributed by atoms with van der Waals surface area (Å²) in [6.07, 6.45) is 0.132. The summed E-state index contributed by atoms with van der Waals surface area (Å²) in [6.45, 7) is 1.73. The number of anilines is 3. The van der Waals surface area contributed by atoms with E-state index in [1.54, 1.807) is 61.5 Å². The average molecular weight is 716 g/mol. The minimum absolute atomic E-state index is 0. The van der Waals surface area contributed by atoms with E-state index < -0.39 is 30.8 Å². The Hall–Kier alpha value is -4.02. The summed E-state index contributed by atoms with van der Waals surface area (Å²) in [7, 11) is -9.06. The Morgan fingerprint density at radius 1 is 0.938 bits per heavy atom. The predicted octanol–water partition coefficient (Wildman–Crippen LogP) is 3.50. The van der Waals surface area contributed by atoms with Crippen LogP contribution in [0.15, 0.2) is 117 Å². The summed E-state index contributed by atoms with van der Waals surface area (Å²) >= 11 is 5.90. The molecule has 5 rings (SSSR count). The molecule has 4 N–H and O–H groups in total. The van der Waals surface area contributed by atoms with E-state index in [0.717, 1.165) is 17.7 Å². The van der Waals surface area contributed by atoms with E-state index in [2.05, 4.69) is 15.5 Å². The SMILES string of the molecule is CCN(c1ccc(NC(=O)Cc2ccc(Cl)cc2)cc1)S(=O)(=O)c1ccccc1N=Nc1c(N)ccc2cc(S(=O)(=O)[O-])cc(O)c12.[Na+]. The van der Waals surface area contributed by atoms with Crippen molar-refractivity contribution in [2.24, 2.45) is 10.2 Å². The van der Waals surface area contributed by atoms with Gasteiger partial charge in [0.2, 0.25) is 5.91 Å². The summed E-state index contributed by atoms with van der Waals surface area (Å²) in [6, 6.07) is 23.8. The first-order valence-corrected chi connectivity index (χ1v) is 17.2. The number of azo groups is 1. The number of amides is 1. The number of hydrogen-bond donors (Lipinski definition) is 3. The molecular weight excluding hydrogens is 689 g/mol. The monoisotopic (exact) mass is 715 g/mol. The molecule has 0 unspecified atom stereocenters. The molecule has 0 aliphatic carbocycles. The third-order valence-corrected chi connectivity index (χ3v) is 10.1. The van der Waals surface area contributed by atoms with Crippen LogP contribution in [0.3, 0.4) is 0 Å². The van der Waals surface area contributed by atoms with Gasteiger partial charge in [-0.2, -0.15) is 0 Å². The maximum Gasteiger partial charge on any atom is 1.00 e. The number of hydrogen-bond acceptors (Lipinski definition) is 10. The van der Waals surface area contributed by atoms with E-state index in [4.69, 9.17) is 17.3 Å². The van der Waals surface area contributed by atoms with Crippen molar-refractivity contribution in [3.8, 4) is 5.75 Å². The van der Waals surface area contributed by atoms with Crippen molar-refractivity contribution in [3.63, 3.8) is 0 Å². The van der Waals surface area contributed by atoms with Crippen LogP contribution < -0.4 is 44.9 Å². The van der Waals surface area contributed by atoms with Crippen LogP contribution in [0, 0.1) is 0 Å². The number of carbonyl (C=O) groups is 1. The third kappa shape index (κ3) is 8.15. The summed E-state index contributed by atoms with van der Waals surface area (Å²) in [4.78, 5) is 11.7. The zero-order valence-corrected chi connectivity index (χ0v) is 30.1. The van der Waals surface area contributed by atoms with Gasteiger partial charge in [-0.1, -0.05) is 41.9 Å². The molecule has 0 saturated heterocycles. The second-order valence-electron chi connectivity index (χ2n) is 10.2. The number of rotatable bonds is 10. The first kappa shape index (κ1) is 36.8. The van der Waals surface area contributed by atoms with Crippen molar-refractivity contribution in [1.82, 2.24) is 0 Å². The number of nitrogens with zero attached hydrogens (tertiary/aromatic N) is 3. The fraction of sp³-hybridized carbons (Fsp3) is 0.0938. The number of phenols is 1. The molecule has 5 aromatic carbocycles. The van der Waals surface area contributed by atoms with Crippen molar-refractivity contribution in [3.05, 3.63) is 108 Å². The predicted molar refractivity (Wildman–Crippen MR) is 179 cm³/mol. The number of sulfonamides is 1. The van der Waals surface area contributed by atoms with Crippen LogP contribution in [0.2, 0.25) is 5.02 Å². The summed E-state index contributed by atoms with van der Waals surface area (Å²) in [5.41, 5.74) is 7.67. The number of nitrogen functional groups attached to an aromatic ring is 1. The van der Waals surface area contributed by atoms with Gasteiger partial charge in [0, 0.05) is 17.3 Å². The molecule has 0 fully saturated rings. The van der Waals surface area contributed by atoms with E-state index in [9.17, 15) is 31.3 Å². The number of fused-ring (bicyclic) bond motifs is 1. The Kier molecular flexibility index (Phi) is 11.5. The topological polar surface area (TPSA) is 195 Å². The van der Waals surface area contributed by atoms with Crippen molar-refractivity contribution in [2.45, 2.75) is 23.1 Å². The van der Waals surface area contributed by atoms with E-state index in [-0.39, 0.29) is 81.2 Å². The van der Waals surface area contributed by atoms with Gasteiger partial charge >= 0.3 is 29.6 Å². The van der Waals surface area contributed by atoms with Gasteiger partial charge in [0.25, 0.3) is 10.0 Å². The van der Waals surface area contributed by atoms with Gasteiger partial charge < -0.3 is 20.7 Å². The number of nitrogens with two attached hydrogens (primary N) is 1. The zero-order valence-electron chi connectivity index (χ0n) is 25.7. The summed E-state index contributed by atoms with van der Waals surface area (Å²) in [5.74, 6) is -0.823. The first-order valence-electron chi connectivity index (χ1n) is 14.0. The van der Waals surface area contributed by atoms with E-state index >= 15 is 0 Å². The van der Waals surface area contributed by atoms with Gasteiger partial charge in [-0.05, 0) is 84.6 Å². The van der Waals surface area contributed by atoms with Crippen LogP contribution in [0.5, 0.6) is 5.75 Å². The van der Waals surface area contributed by atoms with Crippen LogP contribution in [-0.2, 0) is 31.4 Å². The van der Waals surface area contributed by atoms with Crippen molar-refractivity contribution in [1.29, 1.82) is 0 Å². The van der Waals surface area contributed by atoms with E-state index in [1.807, 2.05) is 0 Å². The van der Waals surface area contributed by atoms with Gasteiger partial charge in [-0.15, -0.1) is 10.2 Å². The molecule has 0 atom stereocenters. The summed E-state index contributed by atoms with van der Waals surface area (Å²) in [5, 5.41) is 22.4. The average Bonchev–Trinajstić information content (AvgIpc) is 3.02. The molecule has 1 amide bonds. The second kappa shape index (κ2) is 15.0. The van der Waals surface area contributed by atoms with Gasteiger partial charge in [0.05, 0.1) is 28.1 Å². The van der Waals surface area contributed by atoms with Crippen molar-refractivity contribution < 1.29 is 60.8 Å². The second-order valence-corrected chi connectivity index (χ2v) is 13.9. The zero-order chi connectivity index (χ0) is 33.9. The van der Waals surface area contributed by atoms with Crippen molar-refractivity contribution >= 4 is 76.9 Å². The number of aromatic hydroxyl groups is 1. The quantitative estimate of drug-likeness (QED) is 0.0846. The third-order valence-electron chi connectivity index (χ3n) is 7.06. The molecule has 0 aliphatic rings. The fourth-order valence-corrected chi connectivity index (χ4v) is 7.10. The smallest absolute Gasteiger partial charge is 0.744 e. The molecule has 0 aliphatic heterocycles. The van der Waals surface area contributed by atoms with Gasteiger partial charge in [-0.25, -0.2) is 16.8 Å². The molecule has 0 heterocycles. The molecule has 0 radical (unpaired) electrons. The van der Waals surface area contributed by atoms with Crippen LogP contribution in [-0.4, -0.2) is 38.9 Å². The fourth-order valence-electron chi connectivity index (χ4n) is 4.84.